The molecule has 0 bridgehead atoms. The molecule has 0 spiro atoms. The number of rotatable bonds is 10. The summed E-state index contributed by atoms with van der Waals surface area (Å²) in [5, 5.41) is 0. The Labute approximate surface area is 175 Å². The van der Waals surface area contributed by atoms with Crippen molar-refractivity contribution in [2.45, 2.75) is 65.7 Å². The third-order valence-electron chi connectivity index (χ3n) is 4.63. The Morgan fingerprint density at radius 1 is 0.931 bits per heavy atom. The van der Waals surface area contributed by atoms with Gasteiger partial charge in [0.15, 0.2) is 11.5 Å². The van der Waals surface area contributed by atoms with Gasteiger partial charge in [-0.3, -0.25) is 4.79 Å². The molecule has 2 aromatic carbocycles. The molecule has 0 aliphatic carbocycles. The molecule has 0 heterocycles. The maximum atomic E-state index is 12.2. The van der Waals surface area contributed by atoms with Crippen LogP contribution in [-0.4, -0.2) is 19.2 Å². The standard InChI is InChI=1S/C25H34O4/c1-6-8-17-28-22-15-9-19(18-23(22)27-7-2)10-16-24(26)29-21-13-11-20(12-14-21)25(3,4)5/h9,11-15,18H,6-8,10,16-17H2,1-5H3. The van der Waals surface area contributed by atoms with E-state index < -0.39 is 0 Å². The van der Waals surface area contributed by atoms with E-state index >= 15 is 0 Å². The highest BCUT2D eigenvalue weighted by atomic mass is 16.5. The van der Waals surface area contributed by atoms with Crippen LogP contribution in [0.1, 0.15) is 65.0 Å². The smallest absolute Gasteiger partial charge is 0.311 e. The summed E-state index contributed by atoms with van der Waals surface area (Å²) in [6.45, 7) is 11.8. The second kappa shape index (κ2) is 10.9. The summed E-state index contributed by atoms with van der Waals surface area (Å²) in [6.07, 6.45) is 3.00. The first-order valence-electron chi connectivity index (χ1n) is 10.5. The van der Waals surface area contributed by atoms with E-state index in [0.29, 0.717) is 31.8 Å². The zero-order valence-electron chi connectivity index (χ0n) is 18.4. The minimum absolute atomic E-state index is 0.0766. The highest BCUT2D eigenvalue weighted by molar-refractivity contribution is 5.72. The number of hydrogen-bond acceptors (Lipinski definition) is 4. The Kier molecular flexibility index (Phi) is 8.56. The molecule has 0 aliphatic heterocycles. The molecule has 4 heteroatoms. The summed E-state index contributed by atoms with van der Waals surface area (Å²) >= 11 is 0. The maximum absolute atomic E-state index is 12.2. The molecule has 0 N–H and O–H groups in total. The van der Waals surface area contributed by atoms with Gasteiger partial charge in [0.25, 0.3) is 0 Å². The van der Waals surface area contributed by atoms with Crippen molar-refractivity contribution in [2.24, 2.45) is 0 Å². The molecular formula is C25H34O4. The van der Waals surface area contributed by atoms with Gasteiger partial charge in [-0.25, -0.2) is 0 Å². The number of unbranched alkanes of at least 4 members (excludes halogenated alkanes) is 1. The third-order valence-corrected chi connectivity index (χ3v) is 4.63. The van der Waals surface area contributed by atoms with E-state index in [2.05, 4.69) is 27.7 Å². The van der Waals surface area contributed by atoms with E-state index in [1.165, 1.54) is 5.56 Å². The molecule has 29 heavy (non-hydrogen) atoms. The predicted molar refractivity (Wildman–Crippen MR) is 117 cm³/mol. The fraction of sp³-hybridized carbons (Fsp3) is 0.480. The van der Waals surface area contributed by atoms with Crippen molar-refractivity contribution in [3.8, 4) is 17.2 Å². The van der Waals surface area contributed by atoms with E-state index in [0.717, 1.165) is 29.9 Å². The molecule has 2 aromatic rings. The molecule has 2 rings (SSSR count). The predicted octanol–water partition coefficient (Wildman–Crippen LogP) is 6.10. The maximum Gasteiger partial charge on any atom is 0.311 e. The average Bonchev–Trinajstić information content (AvgIpc) is 2.68. The van der Waals surface area contributed by atoms with Gasteiger partial charge in [0.05, 0.1) is 13.2 Å². The van der Waals surface area contributed by atoms with Gasteiger partial charge in [-0.1, -0.05) is 52.3 Å². The van der Waals surface area contributed by atoms with Gasteiger partial charge in [-0.05, 0) is 60.6 Å². The molecule has 0 saturated carbocycles. The summed E-state index contributed by atoms with van der Waals surface area (Å²) in [5.41, 5.74) is 2.31. The lowest BCUT2D eigenvalue weighted by Gasteiger charge is -2.19. The van der Waals surface area contributed by atoms with Crippen LogP contribution in [0.5, 0.6) is 17.2 Å². The van der Waals surface area contributed by atoms with Crippen molar-refractivity contribution in [1.82, 2.24) is 0 Å². The fourth-order valence-electron chi connectivity index (χ4n) is 2.87. The second-order valence-electron chi connectivity index (χ2n) is 8.16. The topological polar surface area (TPSA) is 44.8 Å². The minimum Gasteiger partial charge on any atom is -0.490 e. The molecule has 4 nitrogen and oxygen atoms in total. The first-order valence-corrected chi connectivity index (χ1v) is 10.5. The number of carbonyl (C=O) groups is 1. The van der Waals surface area contributed by atoms with Crippen LogP contribution in [0.3, 0.4) is 0 Å². The summed E-state index contributed by atoms with van der Waals surface area (Å²) < 4.78 is 17.0. The zero-order chi connectivity index (χ0) is 21.3. The lowest BCUT2D eigenvalue weighted by atomic mass is 9.87. The van der Waals surface area contributed by atoms with Crippen LogP contribution in [0, 0.1) is 0 Å². The number of aryl methyl sites for hydroxylation is 1. The third kappa shape index (κ3) is 7.45. The summed E-state index contributed by atoms with van der Waals surface area (Å²) in [7, 11) is 0. The monoisotopic (exact) mass is 398 g/mol. The molecular weight excluding hydrogens is 364 g/mol. The molecule has 0 aromatic heterocycles. The molecule has 0 atom stereocenters. The summed E-state index contributed by atoms with van der Waals surface area (Å²) in [5.74, 6) is 1.82. The van der Waals surface area contributed by atoms with E-state index in [1.54, 1.807) is 0 Å². The quantitative estimate of drug-likeness (QED) is 0.275. The fourth-order valence-corrected chi connectivity index (χ4v) is 2.87. The number of esters is 1. The van der Waals surface area contributed by atoms with E-state index in [-0.39, 0.29) is 11.4 Å². The number of ether oxygens (including phenoxy) is 3. The highest BCUT2D eigenvalue weighted by Crippen LogP contribution is 2.29. The number of hydrogen-bond donors (Lipinski definition) is 0. The van der Waals surface area contributed by atoms with Gasteiger partial charge in [0.2, 0.25) is 0 Å². The van der Waals surface area contributed by atoms with Gasteiger partial charge in [0, 0.05) is 6.42 Å². The number of benzene rings is 2. The van der Waals surface area contributed by atoms with Gasteiger partial charge in [-0.2, -0.15) is 0 Å². The van der Waals surface area contributed by atoms with Gasteiger partial charge in [0.1, 0.15) is 5.75 Å². The van der Waals surface area contributed by atoms with Crippen molar-refractivity contribution >= 4 is 5.97 Å². The Morgan fingerprint density at radius 2 is 1.66 bits per heavy atom. The van der Waals surface area contributed by atoms with Crippen LogP contribution in [0.2, 0.25) is 0 Å². The van der Waals surface area contributed by atoms with E-state index in [1.807, 2.05) is 49.4 Å². The first-order chi connectivity index (χ1) is 13.8. The van der Waals surface area contributed by atoms with Crippen molar-refractivity contribution in [2.75, 3.05) is 13.2 Å². The van der Waals surface area contributed by atoms with Crippen LogP contribution in [0.15, 0.2) is 42.5 Å². The highest BCUT2D eigenvalue weighted by Gasteiger charge is 2.14. The van der Waals surface area contributed by atoms with Gasteiger partial charge >= 0.3 is 5.97 Å². The second-order valence-corrected chi connectivity index (χ2v) is 8.16. The molecule has 0 unspecified atom stereocenters. The van der Waals surface area contributed by atoms with Crippen molar-refractivity contribution in [3.63, 3.8) is 0 Å². The van der Waals surface area contributed by atoms with E-state index in [9.17, 15) is 4.79 Å². The average molecular weight is 399 g/mol. The summed E-state index contributed by atoms with van der Waals surface area (Å²) in [6, 6.07) is 13.6. The van der Waals surface area contributed by atoms with Crippen LogP contribution < -0.4 is 14.2 Å². The Morgan fingerprint density at radius 3 is 2.28 bits per heavy atom. The molecule has 0 amide bonds. The van der Waals surface area contributed by atoms with Gasteiger partial charge in [-0.15, -0.1) is 0 Å². The first kappa shape index (κ1) is 22.8. The minimum atomic E-state index is -0.241. The molecule has 0 fully saturated rings. The Hall–Kier alpha value is -2.49. The van der Waals surface area contributed by atoms with Crippen molar-refractivity contribution in [1.29, 1.82) is 0 Å². The zero-order valence-corrected chi connectivity index (χ0v) is 18.4. The molecule has 0 saturated heterocycles. The van der Waals surface area contributed by atoms with Crippen LogP contribution in [0.4, 0.5) is 0 Å². The normalized spacial score (nSPS) is 11.2. The van der Waals surface area contributed by atoms with Crippen molar-refractivity contribution in [3.05, 3.63) is 53.6 Å². The largest absolute Gasteiger partial charge is 0.490 e. The lowest BCUT2D eigenvalue weighted by molar-refractivity contribution is -0.134. The van der Waals surface area contributed by atoms with Crippen LogP contribution in [-0.2, 0) is 16.6 Å². The SMILES string of the molecule is CCCCOc1ccc(CCC(=O)Oc2ccc(C(C)(C)C)cc2)cc1OCC. The summed E-state index contributed by atoms with van der Waals surface area (Å²) in [4.78, 5) is 12.2. The molecule has 158 valence electrons. The lowest BCUT2D eigenvalue weighted by Crippen LogP contribution is -2.12. The van der Waals surface area contributed by atoms with E-state index in [4.69, 9.17) is 14.2 Å². The van der Waals surface area contributed by atoms with Crippen LogP contribution >= 0.6 is 0 Å². The van der Waals surface area contributed by atoms with Gasteiger partial charge < -0.3 is 14.2 Å². The Balaban J connectivity index is 1.92. The Bertz CT molecular complexity index is 772. The molecule has 0 aliphatic rings. The van der Waals surface area contributed by atoms with Crippen molar-refractivity contribution < 1.29 is 19.0 Å². The number of carbonyl (C=O) groups excluding carboxylic acids is 1. The van der Waals surface area contributed by atoms with Crippen LogP contribution in [0.25, 0.3) is 0 Å². The molecule has 0 radical (unpaired) electrons.